The summed E-state index contributed by atoms with van der Waals surface area (Å²) in [6.45, 7) is 1.72. The Balaban J connectivity index is 1.45. The number of H-pyrrole nitrogens is 1. The second kappa shape index (κ2) is 7.81. The molecule has 0 bridgehead atoms. The lowest BCUT2D eigenvalue weighted by Gasteiger charge is -2.10. The topological polar surface area (TPSA) is 114 Å². The van der Waals surface area contributed by atoms with Gasteiger partial charge in [0.1, 0.15) is 11.3 Å². The van der Waals surface area contributed by atoms with Gasteiger partial charge in [0.25, 0.3) is 5.56 Å². The van der Waals surface area contributed by atoms with Crippen LogP contribution in [0.1, 0.15) is 21.6 Å². The van der Waals surface area contributed by atoms with Gasteiger partial charge in [0.15, 0.2) is 5.65 Å². The molecular formula is C28H17N5O3S. The van der Waals surface area contributed by atoms with Crippen molar-refractivity contribution < 1.29 is 9.90 Å². The minimum Gasteiger partial charge on any atom is -0.506 e. The number of nitrogens with one attached hydrogen (secondary N) is 1. The summed E-state index contributed by atoms with van der Waals surface area (Å²) in [6.07, 6.45) is 1.59. The number of rotatable bonds is 3. The van der Waals surface area contributed by atoms with Crippen LogP contribution in [0.3, 0.4) is 0 Å². The Labute approximate surface area is 212 Å². The van der Waals surface area contributed by atoms with Crippen LogP contribution >= 0.6 is 11.3 Å². The number of benzene rings is 3. The van der Waals surface area contributed by atoms with Crippen LogP contribution in [0.5, 0.6) is 5.75 Å². The first kappa shape index (κ1) is 21.4. The van der Waals surface area contributed by atoms with Gasteiger partial charge in [-0.25, -0.2) is 9.97 Å². The highest BCUT2D eigenvalue weighted by molar-refractivity contribution is 7.21. The van der Waals surface area contributed by atoms with E-state index in [1.54, 1.807) is 48.1 Å². The number of ketones is 1. The minimum atomic E-state index is -0.676. The van der Waals surface area contributed by atoms with E-state index in [9.17, 15) is 14.7 Å². The highest BCUT2D eigenvalue weighted by Gasteiger charge is 2.24. The zero-order chi connectivity index (χ0) is 25.3. The highest BCUT2D eigenvalue weighted by atomic mass is 32.1. The molecule has 0 aliphatic carbocycles. The summed E-state index contributed by atoms with van der Waals surface area (Å²) in [4.78, 5) is 38.5. The van der Waals surface area contributed by atoms with Crippen molar-refractivity contribution in [2.75, 3.05) is 0 Å². The van der Waals surface area contributed by atoms with Crippen molar-refractivity contribution in [1.82, 2.24) is 24.7 Å². The Hall–Kier alpha value is -4.89. The van der Waals surface area contributed by atoms with E-state index in [0.717, 1.165) is 21.0 Å². The summed E-state index contributed by atoms with van der Waals surface area (Å²) in [7, 11) is 0. The molecule has 178 valence electrons. The van der Waals surface area contributed by atoms with Crippen LogP contribution in [0, 0.1) is 6.92 Å². The third kappa shape index (κ3) is 3.11. The molecule has 0 aliphatic rings. The van der Waals surface area contributed by atoms with E-state index >= 15 is 0 Å². The monoisotopic (exact) mass is 503 g/mol. The number of nitrogens with zero attached hydrogens (tertiary/aromatic N) is 4. The number of hydrogen-bond acceptors (Lipinski definition) is 7. The fraction of sp³-hybridized carbons (Fsp3) is 0.0357. The van der Waals surface area contributed by atoms with E-state index in [4.69, 9.17) is 9.97 Å². The molecule has 8 nitrogen and oxygen atoms in total. The minimum absolute atomic E-state index is 0.307. The van der Waals surface area contributed by atoms with Gasteiger partial charge in [0, 0.05) is 10.9 Å². The van der Waals surface area contributed by atoms with Crippen molar-refractivity contribution in [3.05, 3.63) is 100 Å². The Morgan fingerprint density at radius 2 is 1.76 bits per heavy atom. The number of aromatic amines is 1. The lowest BCUT2D eigenvalue weighted by Crippen LogP contribution is -2.19. The molecule has 2 N–H and O–H groups in total. The van der Waals surface area contributed by atoms with Crippen LogP contribution in [0.15, 0.2) is 77.7 Å². The fourth-order valence-electron chi connectivity index (χ4n) is 4.81. The maximum atomic E-state index is 13.1. The molecule has 37 heavy (non-hydrogen) atoms. The quantitative estimate of drug-likeness (QED) is 0.318. The Bertz CT molecular complexity index is 2110. The number of aryl methyl sites for hydroxylation is 1. The molecule has 0 amide bonds. The molecule has 7 rings (SSSR count). The Morgan fingerprint density at radius 1 is 0.973 bits per heavy atom. The number of thiazole rings is 1. The first-order valence-electron chi connectivity index (χ1n) is 11.5. The lowest BCUT2D eigenvalue weighted by atomic mass is 10.0. The lowest BCUT2D eigenvalue weighted by molar-refractivity contribution is 0.103. The van der Waals surface area contributed by atoms with Crippen molar-refractivity contribution in [3.8, 4) is 10.9 Å². The van der Waals surface area contributed by atoms with Gasteiger partial charge in [-0.2, -0.15) is 9.78 Å². The van der Waals surface area contributed by atoms with E-state index in [-0.39, 0.29) is 5.56 Å². The van der Waals surface area contributed by atoms with Crippen molar-refractivity contribution >= 4 is 60.0 Å². The predicted molar refractivity (Wildman–Crippen MR) is 144 cm³/mol. The van der Waals surface area contributed by atoms with Crippen molar-refractivity contribution in [1.29, 1.82) is 0 Å². The van der Waals surface area contributed by atoms with Gasteiger partial charge in [-0.15, -0.1) is 0 Å². The van der Waals surface area contributed by atoms with Crippen molar-refractivity contribution in [3.63, 3.8) is 0 Å². The van der Waals surface area contributed by atoms with Gasteiger partial charge in [0.05, 0.1) is 38.4 Å². The van der Waals surface area contributed by atoms with Gasteiger partial charge in [-0.1, -0.05) is 72.0 Å². The molecule has 3 aromatic carbocycles. The van der Waals surface area contributed by atoms with Crippen LogP contribution in [-0.2, 0) is 0 Å². The van der Waals surface area contributed by atoms with Gasteiger partial charge < -0.3 is 10.1 Å². The SMILES string of the molecule is Cc1nc2c(cnn2-c2nc3c(ccc4ccccc43)s2)c2[nH]c(=O)c(C(=O)c3ccccc3)c(O)c12. The second-order valence-electron chi connectivity index (χ2n) is 8.74. The molecule has 0 radical (unpaired) electrons. The van der Waals surface area contributed by atoms with Crippen LogP contribution < -0.4 is 5.56 Å². The second-order valence-corrected chi connectivity index (χ2v) is 9.75. The molecule has 0 atom stereocenters. The normalized spacial score (nSPS) is 11.7. The zero-order valence-corrected chi connectivity index (χ0v) is 20.2. The van der Waals surface area contributed by atoms with Gasteiger partial charge in [-0.05, 0) is 18.4 Å². The maximum Gasteiger partial charge on any atom is 0.263 e. The van der Waals surface area contributed by atoms with E-state index in [1.807, 2.05) is 30.3 Å². The summed E-state index contributed by atoms with van der Waals surface area (Å²) >= 11 is 1.49. The Morgan fingerprint density at radius 3 is 2.59 bits per heavy atom. The van der Waals surface area contributed by atoms with Crippen LogP contribution in [-0.4, -0.2) is 35.6 Å². The molecule has 4 aromatic heterocycles. The third-order valence-corrected chi connectivity index (χ3v) is 7.55. The summed E-state index contributed by atoms with van der Waals surface area (Å²) in [5, 5.41) is 19.3. The number of pyridine rings is 2. The first-order chi connectivity index (χ1) is 18.0. The van der Waals surface area contributed by atoms with Crippen molar-refractivity contribution in [2.45, 2.75) is 6.92 Å². The van der Waals surface area contributed by atoms with Crippen LogP contribution in [0.4, 0.5) is 0 Å². The first-order valence-corrected chi connectivity index (χ1v) is 12.3. The molecule has 4 heterocycles. The van der Waals surface area contributed by atoms with Gasteiger partial charge in [-0.3, -0.25) is 9.59 Å². The maximum absolute atomic E-state index is 13.1. The summed E-state index contributed by atoms with van der Waals surface area (Å²) in [6, 6.07) is 20.6. The standard InChI is InChI=1S/C28H17N5O3S/c1-14-20-23(31-27(36)21(25(20)35)24(34)16-8-3-2-4-9-16)18-13-29-33(26(18)30-14)28-32-22-17-10-6-5-7-15(17)11-12-19(22)37-28/h2-13H,1H3,(H2,31,35,36). The zero-order valence-electron chi connectivity index (χ0n) is 19.4. The van der Waals surface area contributed by atoms with Gasteiger partial charge in [0.2, 0.25) is 10.9 Å². The molecule has 9 heteroatoms. The van der Waals surface area contributed by atoms with Gasteiger partial charge >= 0.3 is 0 Å². The molecule has 0 saturated carbocycles. The summed E-state index contributed by atoms with van der Waals surface area (Å²) in [5.41, 5.74) is 1.52. The van der Waals surface area contributed by atoms with Crippen molar-refractivity contribution in [2.24, 2.45) is 0 Å². The molecule has 0 saturated heterocycles. The molecule has 0 aliphatic heterocycles. The number of aromatic nitrogens is 5. The van der Waals surface area contributed by atoms with Crippen LogP contribution in [0.2, 0.25) is 0 Å². The number of fused-ring (bicyclic) bond motifs is 6. The van der Waals surface area contributed by atoms with E-state index in [1.165, 1.54) is 11.3 Å². The summed E-state index contributed by atoms with van der Waals surface area (Å²) in [5.74, 6) is -0.947. The average molecular weight is 504 g/mol. The Kier molecular flexibility index (Phi) is 4.51. The largest absolute Gasteiger partial charge is 0.506 e. The van der Waals surface area contributed by atoms with E-state index in [0.29, 0.717) is 38.3 Å². The third-order valence-electron chi connectivity index (χ3n) is 6.55. The number of carbonyl (C=O) groups is 1. The smallest absolute Gasteiger partial charge is 0.263 e. The molecular weight excluding hydrogens is 486 g/mol. The molecule has 0 fully saturated rings. The fourth-order valence-corrected chi connectivity index (χ4v) is 5.75. The molecule has 0 unspecified atom stereocenters. The predicted octanol–water partition coefficient (Wildman–Crippen LogP) is 5.27. The number of aromatic hydroxyl groups is 1. The molecule has 7 aromatic rings. The van der Waals surface area contributed by atoms with Crippen LogP contribution in [0.25, 0.3) is 48.1 Å². The van der Waals surface area contributed by atoms with E-state index < -0.39 is 17.1 Å². The molecule has 0 spiro atoms. The van der Waals surface area contributed by atoms with E-state index in [2.05, 4.69) is 16.1 Å². The number of carbonyl (C=O) groups excluding carboxylic acids is 1. The highest BCUT2D eigenvalue weighted by Crippen LogP contribution is 2.35. The number of hydrogen-bond donors (Lipinski definition) is 2. The summed E-state index contributed by atoms with van der Waals surface area (Å²) < 4.78 is 2.66. The average Bonchev–Trinajstić information content (AvgIpc) is 3.53.